The maximum Gasteiger partial charge on any atom is 0.162 e. The third-order valence-corrected chi connectivity index (χ3v) is 8.58. The molecule has 5 nitrogen and oxygen atoms in total. The predicted octanol–water partition coefficient (Wildman–Crippen LogP) is 8.07. The topological polar surface area (TPSA) is 55.8 Å². The average molecular weight is 556 g/mol. The Kier molecular flexibility index (Phi) is 7.93. The van der Waals surface area contributed by atoms with E-state index < -0.39 is 0 Å². The number of allylic oxidation sites excluding steroid dienone is 4. The summed E-state index contributed by atoms with van der Waals surface area (Å²) in [6, 6.07) is 14.3. The van der Waals surface area contributed by atoms with Crippen LogP contribution in [0.15, 0.2) is 65.0 Å². The lowest BCUT2D eigenvalue weighted by atomic mass is 9.63. The van der Waals surface area contributed by atoms with Gasteiger partial charge in [0.05, 0.1) is 6.61 Å². The van der Waals surface area contributed by atoms with Gasteiger partial charge in [-0.3, -0.25) is 9.59 Å². The van der Waals surface area contributed by atoms with Gasteiger partial charge in [-0.1, -0.05) is 70.5 Å². The fraction of sp³-hybridized carbons (Fsp3) is 0.500. The SMILES string of the molecule is CCCN1C2=C(C(=O)CC(C)(C)C2)C(c2ccc(OCc3ccc(C)cc3)c(OCC)c2)C2=C1CC(C)(C)CC2=O. The second kappa shape index (κ2) is 11.2. The van der Waals surface area contributed by atoms with Crippen LogP contribution in [0.3, 0.4) is 0 Å². The molecule has 0 spiro atoms. The minimum absolute atomic E-state index is 0.122. The zero-order valence-electron chi connectivity index (χ0n) is 25.9. The fourth-order valence-electron chi connectivity index (χ4n) is 6.81. The number of rotatable bonds is 8. The zero-order chi connectivity index (χ0) is 29.5. The van der Waals surface area contributed by atoms with Gasteiger partial charge in [0.15, 0.2) is 23.1 Å². The van der Waals surface area contributed by atoms with Gasteiger partial charge in [-0.25, -0.2) is 0 Å². The number of hydrogen-bond acceptors (Lipinski definition) is 5. The summed E-state index contributed by atoms with van der Waals surface area (Å²) in [5.74, 6) is 1.24. The molecule has 1 aliphatic heterocycles. The zero-order valence-corrected chi connectivity index (χ0v) is 25.9. The highest BCUT2D eigenvalue weighted by Crippen LogP contribution is 2.55. The summed E-state index contributed by atoms with van der Waals surface area (Å²) in [6.45, 7) is 16.7. The Morgan fingerprint density at radius 3 is 1.90 bits per heavy atom. The molecule has 5 rings (SSSR count). The number of carbonyl (C=O) groups excluding carboxylic acids is 2. The van der Waals surface area contributed by atoms with Gasteiger partial charge in [0.1, 0.15) is 6.61 Å². The van der Waals surface area contributed by atoms with Crippen molar-refractivity contribution in [3.05, 3.63) is 81.7 Å². The van der Waals surface area contributed by atoms with Gasteiger partial charge in [-0.2, -0.15) is 0 Å². The fourth-order valence-corrected chi connectivity index (χ4v) is 6.81. The van der Waals surface area contributed by atoms with Crippen molar-refractivity contribution in [2.45, 2.75) is 93.1 Å². The first-order chi connectivity index (χ1) is 19.4. The molecule has 2 aromatic carbocycles. The predicted molar refractivity (Wildman–Crippen MR) is 163 cm³/mol. The van der Waals surface area contributed by atoms with E-state index in [4.69, 9.17) is 9.47 Å². The molecule has 0 saturated heterocycles. The Balaban J connectivity index is 1.62. The van der Waals surface area contributed by atoms with Gasteiger partial charge in [0, 0.05) is 47.8 Å². The van der Waals surface area contributed by atoms with Crippen LogP contribution in [0, 0.1) is 17.8 Å². The van der Waals surface area contributed by atoms with Crippen molar-refractivity contribution in [3.8, 4) is 11.5 Å². The highest BCUT2D eigenvalue weighted by molar-refractivity contribution is 6.06. The Morgan fingerprint density at radius 1 is 0.780 bits per heavy atom. The Labute approximate surface area is 245 Å². The van der Waals surface area contributed by atoms with E-state index in [1.807, 2.05) is 25.1 Å². The van der Waals surface area contributed by atoms with Crippen molar-refractivity contribution in [2.75, 3.05) is 13.2 Å². The van der Waals surface area contributed by atoms with E-state index in [1.165, 1.54) is 5.56 Å². The number of Topliss-reactive ketones (excluding diaryl/α,β-unsaturated/α-hetero) is 2. The van der Waals surface area contributed by atoms with E-state index in [9.17, 15) is 9.59 Å². The smallest absolute Gasteiger partial charge is 0.162 e. The van der Waals surface area contributed by atoms with Gasteiger partial charge in [-0.15, -0.1) is 0 Å². The number of ether oxygens (including phenoxy) is 2. The summed E-state index contributed by atoms with van der Waals surface area (Å²) in [6.07, 6.45) is 3.57. The maximum absolute atomic E-state index is 14.0. The number of ketones is 2. The normalized spacial score (nSPS) is 20.2. The number of benzene rings is 2. The molecule has 218 valence electrons. The molecule has 0 saturated carbocycles. The molecule has 3 aliphatic rings. The van der Waals surface area contributed by atoms with Gasteiger partial charge in [0.2, 0.25) is 0 Å². The summed E-state index contributed by atoms with van der Waals surface area (Å²) in [5, 5.41) is 0. The second-order valence-electron chi connectivity index (χ2n) is 13.6. The van der Waals surface area contributed by atoms with Crippen LogP contribution in [0.5, 0.6) is 11.5 Å². The monoisotopic (exact) mass is 555 g/mol. The molecule has 0 unspecified atom stereocenters. The Morgan fingerprint density at radius 2 is 1.37 bits per heavy atom. The Hall–Kier alpha value is -3.34. The van der Waals surface area contributed by atoms with Crippen LogP contribution < -0.4 is 9.47 Å². The molecule has 0 atom stereocenters. The molecule has 2 aliphatic carbocycles. The van der Waals surface area contributed by atoms with Gasteiger partial charge < -0.3 is 14.4 Å². The molecule has 1 heterocycles. The first-order valence-electron chi connectivity index (χ1n) is 15.2. The molecule has 0 aromatic heterocycles. The van der Waals surface area contributed by atoms with Crippen LogP contribution in [0.25, 0.3) is 0 Å². The number of nitrogens with zero attached hydrogens (tertiary/aromatic N) is 1. The van der Waals surface area contributed by atoms with E-state index in [0.717, 1.165) is 59.5 Å². The van der Waals surface area contributed by atoms with E-state index in [1.54, 1.807) is 0 Å². The standard InChI is InChI=1S/C36H45NO4/c1-8-16-37-26-18-35(4,5)20-28(38)33(26)32(34-27(37)19-36(6,7)21-29(34)39)25-14-15-30(31(17-25)40-9-2)41-22-24-12-10-23(3)11-13-24/h10-15,17,32H,8-9,16,18-22H2,1-7H3. The van der Waals surface area contributed by atoms with Gasteiger partial charge >= 0.3 is 0 Å². The number of aryl methyl sites for hydroxylation is 1. The lowest BCUT2D eigenvalue weighted by Gasteiger charge is -2.49. The third-order valence-electron chi connectivity index (χ3n) is 8.58. The molecule has 0 amide bonds. The number of carbonyl (C=O) groups is 2. The summed E-state index contributed by atoms with van der Waals surface area (Å²) in [5.41, 5.74) is 6.81. The summed E-state index contributed by atoms with van der Waals surface area (Å²) in [7, 11) is 0. The molecule has 0 bridgehead atoms. The largest absolute Gasteiger partial charge is 0.490 e. The molecule has 0 N–H and O–H groups in total. The van der Waals surface area contributed by atoms with Crippen LogP contribution in [-0.2, 0) is 16.2 Å². The van der Waals surface area contributed by atoms with Crippen LogP contribution in [-0.4, -0.2) is 29.6 Å². The highest BCUT2D eigenvalue weighted by atomic mass is 16.5. The van der Waals surface area contributed by atoms with Crippen LogP contribution in [0.1, 0.15) is 96.3 Å². The lowest BCUT2D eigenvalue weighted by Crippen LogP contribution is -2.44. The van der Waals surface area contributed by atoms with Gasteiger partial charge in [0.25, 0.3) is 0 Å². The van der Waals surface area contributed by atoms with Crippen molar-refractivity contribution >= 4 is 11.6 Å². The number of hydrogen-bond donors (Lipinski definition) is 0. The van der Waals surface area contributed by atoms with Crippen molar-refractivity contribution in [2.24, 2.45) is 10.8 Å². The third kappa shape index (κ3) is 5.86. The maximum atomic E-state index is 14.0. The quantitative estimate of drug-likeness (QED) is 0.330. The molecule has 0 fully saturated rings. The Bertz CT molecular complexity index is 1360. The van der Waals surface area contributed by atoms with E-state index in [0.29, 0.717) is 37.6 Å². The summed E-state index contributed by atoms with van der Waals surface area (Å²) >= 11 is 0. The molecular weight excluding hydrogens is 510 g/mol. The highest BCUT2D eigenvalue weighted by Gasteiger charge is 2.48. The van der Waals surface area contributed by atoms with E-state index >= 15 is 0 Å². The summed E-state index contributed by atoms with van der Waals surface area (Å²) in [4.78, 5) is 30.3. The van der Waals surface area contributed by atoms with E-state index in [-0.39, 0.29) is 28.3 Å². The first-order valence-corrected chi connectivity index (χ1v) is 15.2. The molecule has 5 heteroatoms. The van der Waals surface area contributed by atoms with Crippen LogP contribution >= 0.6 is 0 Å². The van der Waals surface area contributed by atoms with E-state index in [2.05, 4.69) is 70.7 Å². The van der Waals surface area contributed by atoms with Crippen molar-refractivity contribution in [1.29, 1.82) is 0 Å². The minimum Gasteiger partial charge on any atom is -0.490 e. The average Bonchev–Trinajstić information content (AvgIpc) is 2.88. The van der Waals surface area contributed by atoms with Crippen molar-refractivity contribution < 1.29 is 19.1 Å². The molecule has 0 radical (unpaired) electrons. The molecule has 41 heavy (non-hydrogen) atoms. The molecular formula is C36H45NO4. The summed E-state index contributed by atoms with van der Waals surface area (Å²) < 4.78 is 12.3. The van der Waals surface area contributed by atoms with Crippen molar-refractivity contribution in [1.82, 2.24) is 4.90 Å². The van der Waals surface area contributed by atoms with Crippen molar-refractivity contribution in [3.63, 3.8) is 0 Å². The lowest BCUT2D eigenvalue weighted by molar-refractivity contribution is -0.119. The second-order valence-corrected chi connectivity index (χ2v) is 13.6. The minimum atomic E-state index is -0.384. The first kappa shape index (κ1) is 29.2. The van der Waals surface area contributed by atoms with Gasteiger partial charge in [-0.05, 0) is 67.2 Å². The van der Waals surface area contributed by atoms with Crippen LogP contribution in [0.2, 0.25) is 0 Å². The van der Waals surface area contributed by atoms with Crippen LogP contribution in [0.4, 0.5) is 0 Å². The molecule has 2 aromatic rings.